The quantitative estimate of drug-likeness (QED) is 0.889. The van der Waals surface area contributed by atoms with Crippen LogP contribution >= 0.6 is 0 Å². The molecule has 0 radical (unpaired) electrons. The van der Waals surface area contributed by atoms with Crippen LogP contribution in [0.2, 0.25) is 0 Å². The topological polar surface area (TPSA) is 58.3 Å². The van der Waals surface area contributed by atoms with Gasteiger partial charge in [0.1, 0.15) is 6.26 Å². The maximum absolute atomic E-state index is 13.0. The lowest BCUT2D eigenvalue weighted by Crippen LogP contribution is -2.34. The van der Waals surface area contributed by atoms with E-state index in [0.717, 1.165) is 6.07 Å². The molecule has 4 nitrogen and oxygen atoms in total. The summed E-state index contributed by atoms with van der Waals surface area (Å²) in [6.45, 7) is 3.74. The number of aliphatic hydroxyl groups excluding tert-OH is 1. The Labute approximate surface area is 126 Å². The number of alkyl halides is 3. The Kier molecular flexibility index (Phi) is 4.87. The molecule has 22 heavy (non-hydrogen) atoms. The Morgan fingerprint density at radius 1 is 1.27 bits per heavy atom. The minimum atomic E-state index is -4.47. The first-order valence-corrected chi connectivity index (χ1v) is 6.81. The van der Waals surface area contributed by atoms with Gasteiger partial charge in [0.15, 0.2) is 0 Å². The van der Waals surface area contributed by atoms with Gasteiger partial charge in [0.2, 0.25) is 5.89 Å². The van der Waals surface area contributed by atoms with Crippen LogP contribution in [0.1, 0.15) is 25.1 Å². The van der Waals surface area contributed by atoms with E-state index in [9.17, 15) is 18.3 Å². The Balaban J connectivity index is 2.19. The van der Waals surface area contributed by atoms with Gasteiger partial charge in [0.05, 0.1) is 17.4 Å². The van der Waals surface area contributed by atoms with Crippen LogP contribution in [-0.4, -0.2) is 22.2 Å². The van der Waals surface area contributed by atoms with Gasteiger partial charge in [0, 0.05) is 18.2 Å². The highest BCUT2D eigenvalue weighted by molar-refractivity contribution is 5.59. The zero-order chi connectivity index (χ0) is 16.3. The van der Waals surface area contributed by atoms with Crippen LogP contribution in [0.5, 0.6) is 0 Å². The molecule has 0 fully saturated rings. The van der Waals surface area contributed by atoms with Gasteiger partial charge >= 0.3 is 6.18 Å². The van der Waals surface area contributed by atoms with Crippen LogP contribution in [0.25, 0.3) is 11.5 Å². The molecule has 0 aliphatic rings. The first-order chi connectivity index (χ1) is 10.3. The molecule has 2 aromatic rings. The minimum Gasteiger partial charge on any atom is -0.444 e. The lowest BCUT2D eigenvalue weighted by atomic mass is 10.1. The third kappa shape index (κ3) is 3.86. The Morgan fingerprint density at radius 3 is 2.59 bits per heavy atom. The fraction of sp³-hybridized carbons (Fsp3) is 0.400. The molecule has 0 unspecified atom stereocenters. The average Bonchev–Trinajstić information content (AvgIpc) is 2.92. The molecule has 0 aliphatic carbocycles. The van der Waals surface area contributed by atoms with Crippen molar-refractivity contribution < 1.29 is 22.7 Å². The zero-order valence-corrected chi connectivity index (χ0v) is 12.2. The van der Waals surface area contributed by atoms with Crippen LogP contribution in [0.3, 0.4) is 0 Å². The fourth-order valence-corrected chi connectivity index (χ4v) is 1.86. The van der Waals surface area contributed by atoms with Crippen LogP contribution in [0.15, 0.2) is 34.9 Å². The second-order valence-corrected chi connectivity index (χ2v) is 5.10. The van der Waals surface area contributed by atoms with Crippen molar-refractivity contribution in [3.05, 3.63) is 41.8 Å². The van der Waals surface area contributed by atoms with Crippen LogP contribution in [-0.2, 0) is 12.7 Å². The number of halogens is 3. The van der Waals surface area contributed by atoms with E-state index in [4.69, 9.17) is 4.42 Å². The number of hydrogen-bond acceptors (Lipinski definition) is 4. The maximum Gasteiger partial charge on any atom is 0.417 e. The van der Waals surface area contributed by atoms with Gasteiger partial charge in [-0.05, 0) is 26.0 Å². The number of benzene rings is 1. The number of nitrogens with zero attached hydrogens (tertiary/aromatic N) is 1. The first kappa shape index (κ1) is 16.5. The summed E-state index contributed by atoms with van der Waals surface area (Å²) in [4.78, 5) is 4.08. The van der Waals surface area contributed by atoms with Gasteiger partial charge in [-0.15, -0.1) is 0 Å². The third-order valence-corrected chi connectivity index (χ3v) is 3.34. The molecule has 0 amide bonds. The number of oxazole rings is 1. The van der Waals surface area contributed by atoms with Crippen molar-refractivity contribution in [1.29, 1.82) is 0 Å². The normalized spacial score (nSPS) is 14.8. The number of hydrogen-bond donors (Lipinski definition) is 2. The highest BCUT2D eigenvalue weighted by atomic mass is 19.4. The summed E-state index contributed by atoms with van der Waals surface area (Å²) in [6, 6.07) is 4.98. The van der Waals surface area contributed by atoms with Crippen molar-refractivity contribution in [2.75, 3.05) is 0 Å². The van der Waals surface area contributed by atoms with E-state index < -0.39 is 17.8 Å². The lowest BCUT2D eigenvalue weighted by molar-refractivity contribution is -0.137. The van der Waals surface area contributed by atoms with Crippen LogP contribution < -0.4 is 5.32 Å². The number of aliphatic hydroxyl groups is 1. The van der Waals surface area contributed by atoms with E-state index in [0.29, 0.717) is 12.2 Å². The smallest absolute Gasteiger partial charge is 0.417 e. The van der Waals surface area contributed by atoms with E-state index >= 15 is 0 Å². The van der Waals surface area contributed by atoms with Crippen molar-refractivity contribution in [2.24, 2.45) is 0 Å². The molecule has 2 rings (SSSR count). The summed E-state index contributed by atoms with van der Waals surface area (Å²) in [6.07, 6.45) is -3.70. The molecule has 1 heterocycles. The summed E-state index contributed by atoms with van der Waals surface area (Å²) < 4.78 is 44.1. The van der Waals surface area contributed by atoms with Crippen molar-refractivity contribution in [3.8, 4) is 11.5 Å². The highest BCUT2D eigenvalue weighted by Gasteiger charge is 2.34. The molecule has 120 valence electrons. The van der Waals surface area contributed by atoms with Crippen molar-refractivity contribution >= 4 is 0 Å². The number of aromatic nitrogens is 1. The molecule has 1 aromatic heterocycles. The van der Waals surface area contributed by atoms with Gasteiger partial charge < -0.3 is 14.8 Å². The van der Waals surface area contributed by atoms with Gasteiger partial charge in [-0.1, -0.05) is 12.1 Å². The summed E-state index contributed by atoms with van der Waals surface area (Å²) in [7, 11) is 0. The average molecular weight is 314 g/mol. The number of nitrogens with one attached hydrogen (secondary N) is 1. The molecule has 0 saturated heterocycles. The van der Waals surface area contributed by atoms with Crippen LogP contribution in [0, 0.1) is 0 Å². The van der Waals surface area contributed by atoms with Gasteiger partial charge in [0.25, 0.3) is 0 Å². The second kappa shape index (κ2) is 6.50. The van der Waals surface area contributed by atoms with Gasteiger partial charge in [-0.2, -0.15) is 13.2 Å². The molecule has 0 spiro atoms. The van der Waals surface area contributed by atoms with E-state index in [2.05, 4.69) is 10.3 Å². The van der Waals surface area contributed by atoms with E-state index in [1.165, 1.54) is 24.5 Å². The maximum atomic E-state index is 13.0. The zero-order valence-electron chi connectivity index (χ0n) is 12.2. The molecular weight excluding hydrogens is 297 g/mol. The third-order valence-electron chi connectivity index (χ3n) is 3.34. The summed E-state index contributed by atoms with van der Waals surface area (Å²) in [5.74, 6) is -0.0746. The highest BCUT2D eigenvalue weighted by Crippen LogP contribution is 2.36. The van der Waals surface area contributed by atoms with Gasteiger partial charge in [-0.3, -0.25) is 0 Å². The predicted octanol–water partition coefficient (Wildman–Crippen LogP) is 3.22. The molecule has 1 aromatic carbocycles. The molecular formula is C15H17F3N2O2. The van der Waals surface area contributed by atoms with Crippen LogP contribution in [0.4, 0.5) is 13.2 Å². The summed E-state index contributed by atoms with van der Waals surface area (Å²) in [5, 5.41) is 12.4. The first-order valence-electron chi connectivity index (χ1n) is 6.81. The predicted molar refractivity (Wildman–Crippen MR) is 74.9 cm³/mol. The summed E-state index contributed by atoms with van der Waals surface area (Å²) in [5.41, 5.74) is -0.405. The molecule has 0 bridgehead atoms. The minimum absolute atomic E-state index is 0.0746. The summed E-state index contributed by atoms with van der Waals surface area (Å²) >= 11 is 0. The van der Waals surface area contributed by atoms with Crippen molar-refractivity contribution in [1.82, 2.24) is 10.3 Å². The van der Waals surface area contributed by atoms with E-state index in [-0.39, 0.29) is 17.5 Å². The fourth-order valence-electron chi connectivity index (χ4n) is 1.86. The Morgan fingerprint density at radius 2 is 1.95 bits per heavy atom. The number of rotatable bonds is 5. The molecule has 0 aliphatic heterocycles. The molecule has 2 atom stereocenters. The standard InChI is InChI=1S/C15H17F3N2O2/c1-9(10(2)21)19-7-11-8-22-14(20-11)12-5-3-4-6-13(12)15(16,17)18/h3-6,8-10,19,21H,7H2,1-2H3/t9-,10-/m0/s1. The van der Waals surface area contributed by atoms with Gasteiger partial charge in [-0.25, -0.2) is 4.98 Å². The lowest BCUT2D eigenvalue weighted by Gasteiger charge is -2.15. The van der Waals surface area contributed by atoms with E-state index in [1.807, 2.05) is 0 Å². The largest absolute Gasteiger partial charge is 0.444 e. The second-order valence-electron chi connectivity index (χ2n) is 5.10. The SMILES string of the molecule is C[C@H](O)[C@H](C)NCc1coc(-c2ccccc2C(F)(F)F)n1. The molecule has 7 heteroatoms. The monoisotopic (exact) mass is 314 g/mol. The van der Waals surface area contributed by atoms with Crippen molar-refractivity contribution in [2.45, 2.75) is 38.7 Å². The molecule has 0 saturated carbocycles. The van der Waals surface area contributed by atoms with E-state index in [1.54, 1.807) is 13.8 Å². The Hall–Kier alpha value is -1.86. The molecule has 2 N–H and O–H groups in total. The van der Waals surface area contributed by atoms with Crippen molar-refractivity contribution in [3.63, 3.8) is 0 Å². The Bertz CT molecular complexity index is 623.